The monoisotopic (exact) mass is 808 g/mol. The van der Waals surface area contributed by atoms with Gasteiger partial charge in [0, 0.05) is 41.1 Å². The first-order chi connectivity index (χ1) is 25.6. The van der Waals surface area contributed by atoms with Crippen LogP contribution in [0.25, 0.3) is 32.4 Å². The molecule has 290 valence electrons. The molecule has 20 heteroatoms. The average molecular weight is 809 g/mol. The number of benzene rings is 2. The molecular formula is C35H31F7N8O3S2. The number of nitrogens with zero attached hydrogens (tertiary/aromatic N) is 6. The molecule has 0 aliphatic heterocycles. The molecule has 11 nitrogen and oxygen atoms in total. The Labute approximate surface area is 312 Å². The van der Waals surface area contributed by atoms with Gasteiger partial charge < -0.3 is 5.32 Å². The van der Waals surface area contributed by atoms with Gasteiger partial charge in [-0.25, -0.2) is 27.2 Å². The quantitative estimate of drug-likeness (QED) is 0.146. The van der Waals surface area contributed by atoms with Gasteiger partial charge in [0.25, 0.3) is 5.92 Å². The molecule has 1 amide bonds. The summed E-state index contributed by atoms with van der Waals surface area (Å²) >= 11 is 1.29. The Morgan fingerprint density at radius 2 is 1.73 bits per heavy atom. The molecule has 0 saturated heterocycles. The number of fused-ring (bicyclic) bond motifs is 3. The van der Waals surface area contributed by atoms with Gasteiger partial charge in [-0.3, -0.25) is 18.9 Å². The molecule has 0 spiro atoms. The van der Waals surface area contributed by atoms with Crippen LogP contribution in [-0.2, 0) is 46.9 Å². The molecule has 2 aromatic carbocycles. The molecule has 7 rings (SSSR count). The van der Waals surface area contributed by atoms with Crippen molar-refractivity contribution in [3.8, 4) is 11.1 Å². The second-order valence-corrected chi connectivity index (χ2v) is 16.6. The number of aromatic nitrogens is 6. The summed E-state index contributed by atoms with van der Waals surface area (Å²) in [6, 6.07) is 8.07. The summed E-state index contributed by atoms with van der Waals surface area (Å²) in [6.07, 6.45) is -4.45. The second kappa shape index (κ2) is 13.3. The van der Waals surface area contributed by atoms with Crippen molar-refractivity contribution in [3.05, 3.63) is 87.3 Å². The molecule has 0 fully saturated rings. The maximum atomic E-state index is 15.5. The number of para-hydroxylation sites is 1. The zero-order chi connectivity index (χ0) is 39.9. The van der Waals surface area contributed by atoms with E-state index in [1.807, 2.05) is 0 Å². The van der Waals surface area contributed by atoms with Gasteiger partial charge >= 0.3 is 6.18 Å². The van der Waals surface area contributed by atoms with Crippen molar-refractivity contribution in [2.45, 2.75) is 57.8 Å². The number of rotatable bonds is 9. The number of carbonyl (C=O) groups excluding carboxylic acids is 1. The molecule has 0 saturated carbocycles. The normalized spacial score (nSPS) is 17.5. The SMILES string of the molecule is Cc1nc2nc(C(Cc3cc(F)cc(F)c3)NC(=O)Cn3nc(C(F)(F)F)c4c3C(F)(F)[C@H](C)[C@@H]4C)c(-c3cccc4c(NS(C)(=O)=O)nn(C)c34)cc2s1. The van der Waals surface area contributed by atoms with Gasteiger partial charge in [0.15, 0.2) is 17.2 Å². The summed E-state index contributed by atoms with van der Waals surface area (Å²) in [5, 5.41) is 11.5. The van der Waals surface area contributed by atoms with E-state index >= 15 is 8.78 Å². The Kier molecular flexibility index (Phi) is 9.22. The minimum Gasteiger partial charge on any atom is -0.346 e. The molecule has 1 aliphatic carbocycles. The van der Waals surface area contributed by atoms with Crippen LogP contribution in [-0.4, -0.2) is 50.1 Å². The molecule has 4 aromatic heterocycles. The zero-order valence-corrected chi connectivity index (χ0v) is 31.2. The number of thiazole rings is 1. The van der Waals surface area contributed by atoms with Crippen LogP contribution >= 0.6 is 11.3 Å². The fourth-order valence-electron chi connectivity index (χ4n) is 7.19. The van der Waals surface area contributed by atoms with Gasteiger partial charge in [-0.15, -0.1) is 11.3 Å². The average Bonchev–Trinajstić information content (AvgIpc) is 3.77. The van der Waals surface area contributed by atoms with Crippen LogP contribution in [0.5, 0.6) is 0 Å². The van der Waals surface area contributed by atoms with E-state index in [2.05, 4.69) is 25.2 Å². The third kappa shape index (κ3) is 7.00. The smallest absolute Gasteiger partial charge is 0.346 e. The van der Waals surface area contributed by atoms with Crippen molar-refractivity contribution in [1.29, 1.82) is 0 Å². The summed E-state index contributed by atoms with van der Waals surface area (Å²) in [5.41, 5.74) is -1.61. The molecule has 4 heterocycles. The van der Waals surface area contributed by atoms with E-state index in [1.165, 1.54) is 22.9 Å². The minimum atomic E-state index is -5.09. The van der Waals surface area contributed by atoms with E-state index in [-0.39, 0.29) is 29.1 Å². The van der Waals surface area contributed by atoms with Crippen molar-refractivity contribution >= 4 is 54.3 Å². The first-order valence-electron chi connectivity index (χ1n) is 16.6. The van der Waals surface area contributed by atoms with Crippen molar-refractivity contribution in [3.63, 3.8) is 0 Å². The fraction of sp³-hybridized carbons (Fsp3) is 0.343. The van der Waals surface area contributed by atoms with Crippen LogP contribution in [0, 0.1) is 24.5 Å². The van der Waals surface area contributed by atoms with E-state index in [1.54, 1.807) is 38.2 Å². The van der Waals surface area contributed by atoms with Gasteiger partial charge in [-0.2, -0.15) is 32.1 Å². The maximum absolute atomic E-state index is 15.5. The molecular weight excluding hydrogens is 778 g/mol. The summed E-state index contributed by atoms with van der Waals surface area (Å²) in [4.78, 5) is 23.2. The second-order valence-electron chi connectivity index (χ2n) is 13.6. The Hall–Kier alpha value is -5.11. The lowest BCUT2D eigenvalue weighted by Crippen LogP contribution is -2.35. The summed E-state index contributed by atoms with van der Waals surface area (Å²) in [6.45, 7) is 3.04. The number of alkyl halides is 5. The zero-order valence-electron chi connectivity index (χ0n) is 29.6. The summed E-state index contributed by atoms with van der Waals surface area (Å²) in [5.74, 6) is -9.38. The first-order valence-corrected chi connectivity index (χ1v) is 19.4. The van der Waals surface area contributed by atoms with Crippen molar-refractivity contribution in [2.75, 3.05) is 11.0 Å². The van der Waals surface area contributed by atoms with Crippen LogP contribution in [0.4, 0.5) is 36.6 Å². The minimum absolute atomic E-state index is 0.0246. The van der Waals surface area contributed by atoms with Gasteiger partial charge in [0.1, 0.15) is 23.9 Å². The highest BCUT2D eigenvalue weighted by molar-refractivity contribution is 7.92. The Balaban J connectivity index is 1.39. The van der Waals surface area contributed by atoms with Gasteiger partial charge in [-0.05, 0) is 49.1 Å². The Bertz CT molecular complexity index is 2620. The molecule has 0 radical (unpaired) electrons. The van der Waals surface area contributed by atoms with E-state index in [0.717, 1.165) is 25.3 Å². The number of sulfonamides is 1. The number of amides is 1. The number of pyridine rings is 1. The lowest BCUT2D eigenvalue weighted by molar-refractivity contribution is -0.143. The van der Waals surface area contributed by atoms with Crippen molar-refractivity contribution in [1.82, 2.24) is 34.8 Å². The largest absolute Gasteiger partial charge is 0.435 e. The molecule has 2 N–H and O–H groups in total. The summed E-state index contributed by atoms with van der Waals surface area (Å²) in [7, 11) is -2.18. The van der Waals surface area contributed by atoms with E-state index < -0.39 is 81.0 Å². The molecule has 3 atom stereocenters. The number of hydrogen-bond acceptors (Lipinski definition) is 8. The van der Waals surface area contributed by atoms with Gasteiger partial charge in [0.2, 0.25) is 15.9 Å². The number of halogens is 7. The van der Waals surface area contributed by atoms with E-state index in [4.69, 9.17) is 4.98 Å². The number of hydrogen-bond donors (Lipinski definition) is 2. The highest BCUT2D eigenvalue weighted by Crippen LogP contribution is 2.55. The molecule has 1 aliphatic rings. The maximum Gasteiger partial charge on any atom is 0.435 e. The number of aryl methyl sites for hydroxylation is 2. The van der Waals surface area contributed by atoms with Gasteiger partial charge in [0.05, 0.1) is 33.2 Å². The highest BCUT2D eigenvalue weighted by Gasteiger charge is 2.57. The third-order valence-corrected chi connectivity index (χ3v) is 11.1. The van der Waals surface area contributed by atoms with Crippen LogP contribution in [0.15, 0.2) is 42.5 Å². The standard InChI is InChI=1S/C35H31F7N8O3S2/c1-15-16(2)34(38,39)31-27(15)30(35(40,41)42)46-50(31)14-26(51)44-24(11-18-9-19(36)12-20(37)10-18)28-23(13-25-33(45-28)43-17(3)54-25)21-7-6-8-22-29(21)49(4)47-32(22)48-55(5,52)53/h6-10,12-13,15-16,24H,11,14H2,1-5H3,(H,44,51)(H,47,48)/t15-,16+,24?/m0/s1. The van der Waals surface area contributed by atoms with Crippen LogP contribution in [0.1, 0.15) is 59.0 Å². The fourth-order valence-corrected chi connectivity index (χ4v) is 8.50. The van der Waals surface area contributed by atoms with Gasteiger partial charge in [-0.1, -0.05) is 26.0 Å². The summed E-state index contributed by atoms with van der Waals surface area (Å²) < 4.78 is 131. The number of anilines is 1. The Morgan fingerprint density at radius 1 is 1.04 bits per heavy atom. The molecule has 1 unspecified atom stereocenters. The lowest BCUT2D eigenvalue weighted by Gasteiger charge is -2.23. The topological polar surface area (TPSA) is 137 Å². The van der Waals surface area contributed by atoms with Crippen LogP contribution in [0.3, 0.4) is 0 Å². The van der Waals surface area contributed by atoms with Crippen LogP contribution in [0.2, 0.25) is 0 Å². The molecule has 55 heavy (non-hydrogen) atoms. The van der Waals surface area contributed by atoms with E-state index in [0.29, 0.717) is 42.5 Å². The Morgan fingerprint density at radius 3 is 2.38 bits per heavy atom. The molecule has 0 bridgehead atoms. The third-order valence-electron chi connectivity index (χ3n) is 9.63. The predicted octanol–water partition coefficient (Wildman–Crippen LogP) is 7.36. The van der Waals surface area contributed by atoms with Crippen molar-refractivity contribution in [2.24, 2.45) is 13.0 Å². The van der Waals surface area contributed by atoms with Crippen LogP contribution < -0.4 is 10.0 Å². The predicted molar refractivity (Wildman–Crippen MR) is 190 cm³/mol. The number of carbonyl (C=O) groups is 1. The van der Waals surface area contributed by atoms with Crippen molar-refractivity contribution < 1.29 is 43.9 Å². The first kappa shape index (κ1) is 38.2. The number of nitrogens with one attached hydrogen (secondary N) is 2. The molecule has 6 aromatic rings. The lowest BCUT2D eigenvalue weighted by atomic mass is 9.94. The highest BCUT2D eigenvalue weighted by atomic mass is 32.2. The van der Waals surface area contributed by atoms with E-state index in [9.17, 15) is 35.2 Å².